The lowest BCUT2D eigenvalue weighted by Gasteiger charge is -2.16. The SMILES string of the molecule is CC(C)(C)/C=C(/Cc1ccccc1)c1cccs1. The van der Waals surface area contributed by atoms with Gasteiger partial charge in [-0.15, -0.1) is 11.3 Å². The average molecular weight is 256 g/mol. The van der Waals surface area contributed by atoms with Crippen LogP contribution in [0.5, 0.6) is 0 Å². The van der Waals surface area contributed by atoms with Gasteiger partial charge in [0, 0.05) is 4.88 Å². The largest absolute Gasteiger partial charge is 0.144 e. The highest BCUT2D eigenvalue weighted by atomic mass is 32.1. The molecule has 0 radical (unpaired) electrons. The molecule has 0 atom stereocenters. The van der Waals surface area contributed by atoms with E-state index in [0.29, 0.717) is 0 Å². The first-order valence-electron chi connectivity index (χ1n) is 6.34. The van der Waals surface area contributed by atoms with E-state index in [1.54, 1.807) is 0 Å². The molecule has 0 unspecified atom stereocenters. The molecule has 0 aliphatic heterocycles. The van der Waals surface area contributed by atoms with Crippen LogP contribution >= 0.6 is 11.3 Å². The minimum atomic E-state index is 0.216. The lowest BCUT2D eigenvalue weighted by molar-refractivity contribution is 0.545. The minimum absolute atomic E-state index is 0.216. The minimum Gasteiger partial charge on any atom is -0.144 e. The topological polar surface area (TPSA) is 0 Å². The van der Waals surface area contributed by atoms with E-state index in [-0.39, 0.29) is 5.41 Å². The number of hydrogen-bond acceptors (Lipinski definition) is 1. The molecule has 1 heterocycles. The van der Waals surface area contributed by atoms with Crippen molar-refractivity contribution >= 4 is 16.9 Å². The first kappa shape index (κ1) is 13.1. The zero-order valence-electron chi connectivity index (χ0n) is 11.3. The highest BCUT2D eigenvalue weighted by molar-refractivity contribution is 7.11. The normalized spacial score (nSPS) is 12.7. The van der Waals surface area contributed by atoms with Crippen LogP contribution < -0.4 is 0 Å². The molecule has 2 rings (SSSR count). The molecule has 0 spiro atoms. The van der Waals surface area contributed by atoms with E-state index in [9.17, 15) is 0 Å². The fourth-order valence-corrected chi connectivity index (χ4v) is 2.75. The van der Waals surface area contributed by atoms with Gasteiger partial charge in [0.25, 0.3) is 0 Å². The van der Waals surface area contributed by atoms with Crippen LogP contribution in [0.25, 0.3) is 5.57 Å². The van der Waals surface area contributed by atoms with Crippen LogP contribution in [0.2, 0.25) is 0 Å². The maximum absolute atomic E-state index is 2.39. The van der Waals surface area contributed by atoms with Crippen molar-refractivity contribution in [2.24, 2.45) is 5.41 Å². The Labute approximate surface area is 114 Å². The third-order valence-corrected chi connectivity index (χ3v) is 3.63. The molecule has 0 bridgehead atoms. The van der Waals surface area contributed by atoms with Crippen LogP contribution in [0, 0.1) is 5.41 Å². The van der Waals surface area contributed by atoms with Crippen LogP contribution in [0.1, 0.15) is 31.2 Å². The Morgan fingerprint density at radius 3 is 2.33 bits per heavy atom. The van der Waals surface area contributed by atoms with Crippen LogP contribution in [0.15, 0.2) is 53.9 Å². The van der Waals surface area contributed by atoms with E-state index in [2.05, 4.69) is 74.7 Å². The van der Waals surface area contributed by atoms with E-state index in [1.807, 2.05) is 11.3 Å². The summed E-state index contributed by atoms with van der Waals surface area (Å²) in [4.78, 5) is 1.38. The lowest BCUT2D eigenvalue weighted by Crippen LogP contribution is -2.02. The molecule has 2 aromatic rings. The Morgan fingerprint density at radius 1 is 1.06 bits per heavy atom. The van der Waals surface area contributed by atoms with Gasteiger partial charge in [-0.05, 0) is 34.4 Å². The third-order valence-electron chi connectivity index (χ3n) is 2.68. The van der Waals surface area contributed by atoms with Gasteiger partial charge in [0.05, 0.1) is 0 Å². The highest BCUT2D eigenvalue weighted by Crippen LogP contribution is 2.29. The lowest BCUT2D eigenvalue weighted by atomic mass is 9.90. The molecule has 0 saturated heterocycles. The summed E-state index contributed by atoms with van der Waals surface area (Å²) in [6.07, 6.45) is 3.41. The summed E-state index contributed by atoms with van der Waals surface area (Å²) in [6.45, 7) is 6.77. The Kier molecular flexibility index (Phi) is 4.03. The van der Waals surface area contributed by atoms with Crippen molar-refractivity contribution in [3.8, 4) is 0 Å². The summed E-state index contributed by atoms with van der Waals surface area (Å²) < 4.78 is 0. The summed E-state index contributed by atoms with van der Waals surface area (Å²) in [6, 6.07) is 15.0. The molecular formula is C17H20S. The predicted octanol–water partition coefficient (Wildman–Crippen LogP) is 5.42. The standard InChI is InChI=1S/C17H20S/c1-17(2,3)13-15(16-10-7-11-18-16)12-14-8-5-4-6-9-14/h4-11,13H,12H2,1-3H3/b15-13-. The van der Waals surface area contributed by atoms with Gasteiger partial charge in [0.2, 0.25) is 0 Å². The van der Waals surface area contributed by atoms with Gasteiger partial charge in [-0.3, -0.25) is 0 Å². The molecule has 0 N–H and O–H groups in total. The predicted molar refractivity (Wildman–Crippen MR) is 81.9 cm³/mol. The molecular weight excluding hydrogens is 236 g/mol. The zero-order chi connectivity index (χ0) is 13.0. The van der Waals surface area contributed by atoms with Crippen LogP contribution in [0.3, 0.4) is 0 Å². The van der Waals surface area contributed by atoms with Crippen molar-refractivity contribution in [1.82, 2.24) is 0 Å². The quantitative estimate of drug-likeness (QED) is 0.688. The third kappa shape index (κ3) is 3.85. The van der Waals surface area contributed by atoms with Gasteiger partial charge in [0.1, 0.15) is 0 Å². The Bertz CT molecular complexity index is 498. The van der Waals surface area contributed by atoms with Gasteiger partial charge in [-0.25, -0.2) is 0 Å². The van der Waals surface area contributed by atoms with Crippen molar-refractivity contribution in [2.45, 2.75) is 27.2 Å². The first-order chi connectivity index (χ1) is 8.54. The second-order valence-electron chi connectivity index (χ2n) is 5.68. The zero-order valence-corrected chi connectivity index (χ0v) is 12.1. The summed E-state index contributed by atoms with van der Waals surface area (Å²) >= 11 is 1.82. The van der Waals surface area contributed by atoms with E-state index in [1.165, 1.54) is 16.0 Å². The van der Waals surface area contributed by atoms with Gasteiger partial charge in [-0.1, -0.05) is 63.2 Å². The second-order valence-corrected chi connectivity index (χ2v) is 6.62. The average Bonchev–Trinajstić information content (AvgIpc) is 2.81. The van der Waals surface area contributed by atoms with E-state index in [4.69, 9.17) is 0 Å². The Balaban J connectivity index is 2.30. The molecule has 0 aliphatic rings. The van der Waals surface area contributed by atoms with Gasteiger partial charge >= 0.3 is 0 Å². The molecule has 1 aromatic heterocycles. The smallest absolute Gasteiger partial charge is 0.0302 e. The summed E-state index contributed by atoms with van der Waals surface area (Å²) in [7, 11) is 0. The van der Waals surface area contributed by atoms with Crippen molar-refractivity contribution < 1.29 is 0 Å². The molecule has 0 nitrogen and oxygen atoms in total. The van der Waals surface area contributed by atoms with Crippen LogP contribution in [0.4, 0.5) is 0 Å². The van der Waals surface area contributed by atoms with E-state index < -0.39 is 0 Å². The number of hydrogen-bond donors (Lipinski definition) is 0. The molecule has 0 amide bonds. The van der Waals surface area contributed by atoms with Gasteiger partial charge in [0.15, 0.2) is 0 Å². The Hall–Kier alpha value is -1.34. The number of rotatable bonds is 3. The van der Waals surface area contributed by atoms with Gasteiger partial charge < -0.3 is 0 Å². The fraction of sp³-hybridized carbons (Fsp3) is 0.294. The number of benzene rings is 1. The molecule has 1 heteroatoms. The van der Waals surface area contributed by atoms with Crippen molar-refractivity contribution in [1.29, 1.82) is 0 Å². The summed E-state index contributed by atoms with van der Waals surface area (Å²) in [5.41, 5.74) is 3.03. The molecule has 18 heavy (non-hydrogen) atoms. The molecule has 1 aromatic carbocycles. The van der Waals surface area contributed by atoms with Crippen LogP contribution in [-0.2, 0) is 6.42 Å². The summed E-state index contributed by atoms with van der Waals surface area (Å²) in [5.74, 6) is 0. The second kappa shape index (κ2) is 5.53. The van der Waals surface area contributed by atoms with Crippen LogP contribution in [-0.4, -0.2) is 0 Å². The maximum atomic E-state index is 2.39. The molecule has 0 fully saturated rings. The van der Waals surface area contributed by atoms with Crippen molar-refractivity contribution in [2.75, 3.05) is 0 Å². The van der Waals surface area contributed by atoms with Gasteiger partial charge in [-0.2, -0.15) is 0 Å². The van der Waals surface area contributed by atoms with Crippen molar-refractivity contribution in [3.63, 3.8) is 0 Å². The molecule has 0 aliphatic carbocycles. The Morgan fingerprint density at radius 2 is 1.78 bits per heavy atom. The van der Waals surface area contributed by atoms with E-state index in [0.717, 1.165) is 6.42 Å². The molecule has 94 valence electrons. The maximum Gasteiger partial charge on any atom is 0.0302 e. The first-order valence-corrected chi connectivity index (χ1v) is 7.22. The highest BCUT2D eigenvalue weighted by Gasteiger charge is 2.11. The number of thiophene rings is 1. The number of allylic oxidation sites excluding steroid dienone is 2. The summed E-state index contributed by atoms with van der Waals surface area (Å²) in [5, 5.41) is 2.15. The van der Waals surface area contributed by atoms with Crippen molar-refractivity contribution in [3.05, 3.63) is 64.4 Å². The van der Waals surface area contributed by atoms with E-state index >= 15 is 0 Å². The fourth-order valence-electron chi connectivity index (χ4n) is 2.01. The molecule has 0 saturated carbocycles. The monoisotopic (exact) mass is 256 g/mol.